The Bertz CT molecular complexity index is 4360. The van der Waals surface area contributed by atoms with E-state index in [9.17, 15) is 0 Å². The van der Waals surface area contributed by atoms with E-state index in [1.807, 2.05) is 12.1 Å². The van der Waals surface area contributed by atoms with Crippen LogP contribution in [0.5, 0.6) is 0 Å². The van der Waals surface area contributed by atoms with Gasteiger partial charge in [0.2, 0.25) is 0 Å². The highest BCUT2D eigenvalue weighted by molar-refractivity contribution is 6.12. The molecule has 0 aliphatic heterocycles. The standard InChI is InChI=1S/C76H56N2O2/c1-49-21-15-33-63(67-37-19-35-65-61-31-11-13-39-71(61)79-75(65)67)73(49)77(59-29-17-27-55(47-59)53-23-7-5-8-24-53)69-43-41-57(45-51(69)3)58-42-44-70(52(4)46-58)78(60-30-18-28-56(48-60)54-25-9-6-10-26-54)74-50(2)22-16-34-64(74)68-38-20-36-66-62-32-12-14-40-72(62)80-76(66)68/h5-48H,1-4H3. The molecule has 80 heavy (non-hydrogen) atoms. The van der Waals surface area contributed by atoms with Crippen LogP contribution in [0.4, 0.5) is 34.1 Å². The molecule has 0 saturated heterocycles. The quantitative estimate of drug-likeness (QED) is 0.129. The van der Waals surface area contributed by atoms with Crippen molar-refractivity contribution in [1.29, 1.82) is 0 Å². The summed E-state index contributed by atoms with van der Waals surface area (Å²) in [6, 6.07) is 96.0. The second-order valence-corrected chi connectivity index (χ2v) is 21.0. The maximum Gasteiger partial charge on any atom is 0.143 e. The molecule has 4 nitrogen and oxygen atoms in total. The van der Waals surface area contributed by atoms with E-state index >= 15 is 0 Å². The summed E-state index contributed by atoms with van der Waals surface area (Å²) in [7, 11) is 0. The van der Waals surface area contributed by atoms with Crippen molar-refractivity contribution < 1.29 is 8.83 Å². The molecule has 0 aliphatic carbocycles. The predicted octanol–water partition coefficient (Wildman–Crippen LogP) is 22.0. The topological polar surface area (TPSA) is 32.8 Å². The molecule has 0 aliphatic rings. The van der Waals surface area contributed by atoms with E-state index in [2.05, 4.69) is 292 Å². The molecule has 0 saturated carbocycles. The summed E-state index contributed by atoms with van der Waals surface area (Å²) in [4.78, 5) is 4.91. The third kappa shape index (κ3) is 8.41. The van der Waals surface area contributed by atoms with Crippen LogP contribution in [0.15, 0.2) is 276 Å². The molecule has 2 aromatic heterocycles. The number of hydrogen-bond acceptors (Lipinski definition) is 4. The number of benzene rings is 12. The third-order valence-electron chi connectivity index (χ3n) is 15.9. The number of aryl methyl sites for hydroxylation is 4. The zero-order chi connectivity index (χ0) is 53.8. The largest absolute Gasteiger partial charge is 0.455 e. The summed E-state index contributed by atoms with van der Waals surface area (Å²) < 4.78 is 13.5. The molecule has 14 aromatic rings. The summed E-state index contributed by atoms with van der Waals surface area (Å²) in [5.41, 5.74) is 25.9. The second kappa shape index (κ2) is 20.0. The fraction of sp³-hybridized carbons (Fsp3) is 0.0526. The molecular formula is C76H56N2O2. The van der Waals surface area contributed by atoms with Crippen LogP contribution in [0.3, 0.4) is 0 Å². The Morgan fingerprint density at radius 3 is 1.04 bits per heavy atom. The molecule has 0 unspecified atom stereocenters. The van der Waals surface area contributed by atoms with E-state index in [0.29, 0.717) is 0 Å². The summed E-state index contributed by atoms with van der Waals surface area (Å²) in [6.45, 7) is 8.94. The lowest BCUT2D eigenvalue weighted by atomic mass is 9.94. The van der Waals surface area contributed by atoms with E-state index in [1.165, 1.54) is 11.1 Å². The van der Waals surface area contributed by atoms with Crippen LogP contribution in [0.25, 0.3) is 99.5 Å². The van der Waals surface area contributed by atoms with Gasteiger partial charge in [0.05, 0.1) is 11.4 Å². The van der Waals surface area contributed by atoms with Crippen LogP contribution < -0.4 is 9.80 Å². The fourth-order valence-corrected chi connectivity index (χ4v) is 12.1. The van der Waals surface area contributed by atoms with Gasteiger partial charge in [0, 0.05) is 66.5 Å². The minimum Gasteiger partial charge on any atom is -0.455 e. The lowest BCUT2D eigenvalue weighted by molar-refractivity contribution is 0.669. The number of rotatable bonds is 11. The average Bonchev–Trinajstić information content (AvgIpc) is 4.14. The van der Waals surface area contributed by atoms with Gasteiger partial charge in [0.15, 0.2) is 0 Å². The highest BCUT2D eigenvalue weighted by Crippen LogP contribution is 2.50. The van der Waals surface area contributed by atoms with E-state index in [-0.39, 0.29) is 0 Å². The summed E-state index contributed by atoms with van der Waals surface area (Å²) >= 11 is 0. The van der Waals surface area contributed by atoms with E-state index in [1.54, 1.807) is 0 Å². The third-order valence-corrected chi connectivity index (χ3v) is 15.9. The van der Waals surface area contributed by atoms with Crippen molar-refractivity contribution in [1.82, 2.24) is 0 Å². The number of fused-ring (bicyclic) bond motifs is 6. The Morgan fingerprint density at radius 1 is 0.250 bits per heavy atom. The molecule has 14 rings (SSSR count). The smallest absolute Gasteiger partial charge is 0.143 e. The predicted molar refractivity (Wildman–Crippen MR) is 336 cm³/mol. The van der Waals surface area contributed by atoms with Crippen molar-refractivity contribution in [3.63, 3.8) is 0 Å². The summed E-state index contributed by atoms with van der Waals surface area (Å²) in [5, 5.41) is 4.44. The molecule has 0 radical (unpaired) electrons. The van der Waals surface area contributed by atoms with Crippen LogP contribution in [0.2, 0.25) is 0 Å². The van der Waals surface area contributed by atoms with Crippen molar-refractivity contribution in [2.75, 3.05) is 9.80 Å². The van der Waals surface area contributed by atoms with Gasteiger partial charge in [-0.2, -0.15) is 0 Å². The van der Waals surface area contributed by atoms with Gasteiger partial charge >= 0.3 is 0 Å². The van der Waals surface area contributed by atoms with Crippen molar-refractivity contribution >= 4 is 78.0 Å². The molecule has 2 heterocycles. The SMILES string of the molecule is Cc1cc(-c2ccc(N(c3cccc(-c4ccccc4)c3)c3c(C)cccc3-c3cccc4c3oc3ccccc34)c(C)c2)ccc1N(c1cccc(-c2ccccc2)c1)c1c(C)cccc1-c1cccc2c1oc1ccccc12. The zero-order valence-electron chi connectivity index (χ0n) is 45.1. The van der Waals surface area contributed by atoms with Gasteiger partial charge < -0.3 is 18.6 Å². The molecule has 0 amide bonds. The Balaban J connectivity index is 0.911. The number of anilines is 6. The number of hydrogen-bond donors (Lipinski definition) is 0. The Morgan fingerprint density at radius 2 is 0.600 bits per heavy atom. The first-order valence-electron chi connectivity index (χ1n) is 27.5. The second-order valence-electron chi connectivity index (χ2n) is 21.0. The summed E-state index contributed by atoms with van der Waals surface area (Å²) in [5.74, 6) is 0. The van der Waals surface area contributed by atoms with Gasteiger partial charge in [0.25, 0.3) is 0 Å². The first-order chi connectivity index (χ1) is 39.3. The molecule has 382 valence electrons. The molecular weight excluding hydrogens is 973 g/mol. The fourth-order valence-electron chi connectivity index (χ4n) is 12.1. The minimum absolute atomic E-state index is 0.882. The average molecular weight is 1030 g/mol. The molecule has 0 N–H and O–H groups in total. The zero-order valence-corrected chi connectivity index (χ0v) is 45.1. The summed E-state index contributed by atoms with van der Waals surface area (Å²) in [6.07, 6.45) is 0. The van der Waals surface area contributed by atoms with Crippen molar-refractivity contribution in [2.24, 2.45) is 0 Å². The molecule has 0 bridgehead atoms. The number of para-hydroxylation sites is 6. The Labute approximate surface area is 466 Å². The van der Waals surface area contributed by atoms with Crippen molar-refractivity contribution in [3.05, 3.63) is 289 Å². The minimum atomic E-state index is 0.882. The van der Waals surface area contributed by atoms with Crippen LogP contribution in [-0.2, 0) is 0 Å². The normalized spacial score (nSPS) is 11.5. The van der Waals surface area contributed by atoms with Crippen LogP contribution in [0, 0.1) is 27.7 Å². The first kappa shape index (κ1) is 48.2. The maximum absolute atomic E-state index is 6.73. The van der Waals surface area contributed by atoms with Crippen LogP contribution in [-0.4, -0.2) is 0 Å². The number of nitrogens with zero attached hydrogens (tertiary/aromatic N) is 2. The highest BCUT2D eigenvalue weighted by atomic mass is 16.3. The Kier molecular flexibility index (Phi) is 12.1. The van der Waals surface area contributed by atoms with Gasteiger partial charge in [-0.15, -0.1) is 0 Å². The van der Waals surface area contributed by atoms with Gasteiger partial charge in [-0.3, -0.25) is 0 Å². The van der Waals surface area contributed by atoms with Crippen molar-refractivity contribution in [3.8, 4) is 55.6 Å². The highest BCUT2D eigenvalue weighted by Gasteiger charge is 2.26. The van der Waals surface area contributed by atoms with Crippen LogP contribution in [0.1, 0.15) is 22.3 Å². The van der Waals surface area contributed by atoms with Crippen LogP contribution >= 0.6 is 0 Å². The monoisotopic (exact) mass is 1030 g/mol. The Hall–Kier alpha value is -10.2. The van der Waals surface area contributed by atoms with Gasteiger partial charge in [0.1, 0.15) is 22.3 Å². The first-order valence-corrected chi connectivity index (χ1v) is 27.5. The van der Waals surface area contributed by atoms with Crippen molar-refractivity contribution in [2.45, 2.75) is 27.7 Å². The lowest BCUT2D eigenvalue weighted by Crippen LogP contribution is -2.14. The van der Waals surface area contributed by atoms with Gasteiger partial charge in [-0.05, 0) is 144 Å². The molecule has 0 atom stereocenters. The van der Waals surface area contributed by atoms with E-state index < -0.39 is 0 Å². The molecule has 0 spiro atoms. The van der Waals surface area contributed by atoms with Gasteiger partial charge in [-0.1, -0.05) is 206 Å². The molecule has 0 fully saturated rings. The van der Waals surface area contributed by atoms with Gasteiger partial charge in [-0.25, -0.2) is 0 Å². The number of furan rings is 2. The molecule has 12 aromatic carbocycles. The van der Waals surface area contributed by atoms with E-state index in [4.69, 9.17) is 8.83 Å². The van der Waals surface area contributed by atoms with E-state index in [0.717, 1.165) is 145 Å². The maximum atomic E-state index is 6.73. The lowest BCUT2D eigenvalue weighted by Gasteiger charge is -2.32. The molecule has 4 heteroatoms.